The van der Waals surface area contributed by atoms with Crippen molar-refractivity contribution in [3.05, 3.63) is 23.5 Å². The molecule has 100 valence electrons. The third-order valence-electron chi connectivity index (χ3n) is 4.11. The van der Waals surface area contributed by atoms with Gasteiger partial charge in [0.05, 0.1) is 5.69 Å². The van der Waals surface area contributed by atoms with Gasteiger partial charge in [-0.3, -0.25) is 0 Å². The molecule has 0 bridgehead atoms. The number of aromatic nitrogens is 2. The lowest BCUT2D eigenvalue weighted by atomic mass is 9.90. The van der Waals surface area contributed by atoms with Crippen molar-refractivity contribution < 1.29 is 0 Å². The molecule has 1 aliphatic rings. The minimum atomic E-state index is 0.650. The molecule has 2 heteroatoms. The Morgan fingerprint density at radius 1 is 1.11 bits per heavy atom. The molecule has 0 saturated heterocycles. The van der Waals surface area contributed by atoms with Gasteiger partial charge in [-0.2, -0.15) is 10.2 Å². The SMILES string of the molecule is CCCC1CCCCCCCCc2ccnnc21. The maximum atomic E-state index is 4.47. The molecule has 0 saturated carbocycles. The van der Waals surface area contributed by atoms with Crippen molar-refractivity contribution in [3.63, 3.8) is 0 Å². The number of fused-ring (bicyclic) bond motifs is 1. The van der Waals surface area contributed by atoms with Crippen LogP contribution in [0.4, 0.5) is 0 Å². The fourth-order valence-electron chi connectivity index (χ4n) is 3.10. The zero-order valence-electron chi connectivity index (χ0n) is 11.7. The summed E-state index contributed by atoms with van der Waals surface area (Å²) in [6.45, 7) is 2.28. The van der Waals surface area contributed by atoms with Crippen LogP contribution in [-0.4, -0.2) is 10.2 Å². The second-order valence-corrected chi connectivity index (χ2v) is 5.59. The van der Waals surface area contributed by atoms with E-state index in [1.807, 2.05) is 6.20 Å². The van der Waals surface area contributed by atoms with E-state index in [0.717, 1.165) is 0 Å². The first-order chi connectivity index (χ1) is 8.92. The summed E-state index contributed by atoms with van der Waals surface area (Å²) in [5, 5.41) is 8.60. The van der Waals surface area contributed by atoms with Gasteiger partial charge in [0.1, 0.15) is 0 Å². The molecule has 0 aromatic carbocycles. The van der Waals surface area contributed by atoms with Gasteiger partial charge >= 0.3 is 0 Å². The van der Waals surface area contributed by atoms with Gasteiger partial charge in [0.25, 0.3) is 0 Å². The molecule has 0 N–H and O–H groups in total. The normalized spacial score (nSPS) is 21.9. The van der Waals surface area contributed by atoms with Crippen molar-refractivity contribution >= 4 is 0 Å². The van der Waals surface area contributed by atoms with Gasteiger partial charge in [-0.15, -0.1) is 0 Å². The first-order valence-corrected chi connectivity index (χ1v) is 7.72. The Hall–Kier alpha value is -0.920. The van der Waals surface area contributed by atoms with Crippen molar-refractivity contribution in [2.45, 2.75) is 77.0 Å². The summed E-state index contributed by atoms with van der Waals surface area (Å²) in [7, 11) is 0. The van der Waals surface area contributed by atoms with E-state index in [9.17, 15) is 0 Å². The summed E-state index contributed by atoms with van der Waals surface area (Å²) in [5.74, 6) is 0.650. The molecule has 1 atom stereocenters. The van der Waals surface area contributed by atoms with Gasteiger partial charge in [-0.1, -0.05) is 45.4 Å². The predicted octanol–water partition coefficient (Wildman–Crippen LogP) is 4.65. The summed E-state index contributed by atoms with van der Waals surface area (Å²) in [6.07, 6.45) is 15.2. The number of hydrogen-bond donors (Lipinski definition) is 0. The minimum Gasteiger partial charge on any atom is -0.159 e. The van der Waals surface area contributed by atoms with Crippen LogP contribution < -0.4 is 0 Å². The molecule has 0 radical (unpaired) electrons. The first-order valence-electron chi connectivity index (χ1n) is 7.72. The van der Waals surface area contributed by atoms with Crippen LogP contribution in [0.25, 0.3) is 0 Å². The van der Waals surface area contributed by atoms with E-state index in [-0.39, 0.29) is 0 Å². The van der Waals surface area contributed by atoms with E-state index in [1.54, 1.807) is 0 Å². The molecule has 0 fully saturated rings. The van der Waals surface area contributed by atoms with Crippen molar-refractivity contribution in [3.8, 4) is 0 Å². The fourth-order valence-corrected chi connectivity index (χ4v) is 3.10. The highest BCUT2D eigenvalue weighted by atomic mass is 15.1. The van der Waals surface area contributed by atoms with Crippen LogP contribution in [0, 0.1) is 0 Å². The standard InChI is InChI=1S/C16H26N2/c1-2-9-14-10-7-5-3-4-6-8-11-15-12-13-17-18-16(14)15/h12-14H,2-11H2,1H3. The molecule has 1 unspecified atom stereocenters. The Balaban J connectivity index is 2.17. The first kappa shape index (κ1) is 13.5. The molecular weight excluding hydrogens is 220 g/mol. The number of nitrogens with zero attached hydrogens (tertiary/aromatic N) is 2. The number of hydrogen-bond acceptors (Lipinski definition) is 2. The van der Waals surface area contributed by atoms with Crippen LogP contribution in [-0.2, 0) is 6.42 Å². The van der Waals surface area contributed by atoms with Gasteiger partial charge in [0.2, 0.25) is 0 Å². The maximum Gasteiger partial charge on any atom is 0.0693 e. The van der Waals surface area contributed by atoms with Crippen LogP contribution in [0.1, 0.15) is 81.9 Å². The Morgan fingerprint density at radius 2 is 1.89 bits per heavy atom. The highest BCUT2D eigenvalue weighted by Gasteiger charge is 2.17. The van der Waals surface area contributed by atoms with Crippen molar-refractivity contribution in [2.24, 2.45) is 0 Å². The third kappa shape index (κ3) is 3.79. The van der Waals surface area contributed by atoms with Crippen LogP contribution in [0.15, 0.2) is 12.3 Å². The van der Waals surface area contributed by atoms with E-state index in [1.165, 1.54) is 75.5 Å². The van der Waals surface area contributed by atoms with Crippen molar-refractivity contribution in [1.82, 2.24) is 10.2 Å². The molecule has 0 aliphatic heterocycles. The largest absolute Gasteiger partial charge is 0.159 e. The molecule has 1 aromatic rings. The minimum absolute atomic E-state index is 0.650. The highest BCUT2D eigenvalue weighted by Crippen LogP contribution is 2.29. The van der Waals surface area contributed by atoms with E-state index in [2.05, 4.69) is 23.2 Å². The zero-order valence-corrected chi connectivity index (χ0v) is 11.7. The Kier molecular flexibility index (Phi) is 5.63. The Labute approximate surface area is 111 Å². The maximum absolute atomic E-state index is 4.47. The molecule has 2 nitrogen and oxygen atoms in total. The van der Waals surface area contributed by atoms with Crippen LogP contribution >= 0.6 is 0 Å². The van der Waals surface area contributed by atoms with Crippen molar-refractivity contribution in [2.75, 3.05) is 0 Å². The monoisotopic (exact) mass is 246 g/mol. The molecule has 18 heavy (non-hydrogen) atoms. The lowest BCUT2D eigenvalue weighted by molar-refractivity contribution is 0.504. The van der Waals surface area contributed by atoms with E-state index in [4.69, 9.17) is 0 Å². The summed E-state index contributed by atoms with van der Waals surface area (Å²) in [4.78, 5) is 0. The van der Waals surface area contributed by atoms with Gasteiger partial charge in [0, 0.05) is 12.1 Å². The van der Waals surface area contributed by atoms with E-state index in [0.29, 0.717) is 5.92 Å². The lowest BCUT2D eigenvalue weighted by Gasteiger charge is -2.17. The summed E-state index contributed by atoms with van der Waals surface area (Å²) in [5.41, 5.74) is 2.77. The lowest BCUT2D eigenvalue weighted by Crippen LogP contribution is -2.07. The van der Waals surface area contributed by atoms with Crippen LogP contribution in [0.3, 0.4) is 0 Å². The average Bonchev–Trinajstić information content (AvgIpc) is 2.44. The van der Waals surface area contributed by atoms with E-state index >= 15 is 0 Å². The summed E-state index contributed by atoms with van der Waals surface area (Å²) in [6, 6.07) is 2.20. The summed E-state index contributed by atoms with van der Waals surface area (Å²) >= 11 is 0. The number of aryl methyl sites for hydroxylation is 1. The number of rotatable bonds is 2. The third-order valence-corrected chi connectivity index (χ3v) is 4.11. The van der Waals surface area contributed by atoms with Crippen LogP contribution in [0.5, 0.6) is 0 Å². The molecule has 2 rings (SSSR count). The molecule has 0 spiro atoms. The average molecular weight is 246 g/mol. The fraction of sp³-hybridized carbons (Fsp3) is 0.750. The predicted molar refractivity (Wildman–Crippen MR) is 75.7 cm³/mol. The topological polar surface area (TPSA) is 25.8 Å². The van der Waals surface area contributed by atoms with Gasteiger partial charge in [-0.25, -0.2) is 0 Å². The van der Waals surface area contributed by atoms with Gasteiger partial charge < -0.3 is 0 Å². The summed E-state index contributed by atoms with van der Waals surface area (Å²) < 4.78 is 0. The van der Waals surface area contributed by atoms with Crippen LogP contribution in [0.2, 0.25) is 0 Å². The van der Waals surface area contributed by atoms with Gasteiger partial charge in [-0.05, 0) is 37.3 Å². The Morgan fingerprint density at radius 3 is 2.72 bits per heavy atom. The highest BCUT2D eigenvalue weighted by molar-refractivity contribution is 5.21. The molecule has 1 aromatic heterocycles. The molecule has 1 heterocycles. The smallest absolute Gasteiger partial charge is 0.0693 e. The van der Waals surface area contributed by atoms with E-state index < -0.39 is 0 Å². The second-order valence-electron chi connectivity index (χ2n) is 5.59. The molecule has 1 aliphatic carbocycles. The van der Waals surface area contributed by atoms with Crippen molar-refractivity contribution in [1.29, 1.82) is 0 Å². The molecule has 0 amide bonds. The quantitative estimate of drug-likeness (QED) is 0.759. The second kappa shape index (κ2) is 7.50. The zero-order chi connectivity index (χ0) is 12.6. The Bertz CT molecular complexity index is 349. The van der Waals surface area contributed by atoms with Gasteiger partial charge in [0.15, 0.2) is 0 Å². The molecular formula is C16H26N2.